The number of esters is 1. The van der Waals surface area contributed by atoms with E-state index < -0.39 is 24.6 Å². The summed E-state index contributed by atoms with van der Waals surface area (Å²) in [4.78, 5) is 24.0. The highest BCUT2D eigenvalue weighted by atomic mass is 19.3. The molecular formula is C19H19F2NO6. The number of carbonyl (C=O) groups excluding carboxylic acids is 2. The van der Waals surface area contributed by atoms with Gasteiger partial charge in [-0.05, 0) is 37.3 Å². The van der Waals surface area contributed by atoms with E-state index in [4.69, 9.17) is 9.47 Å². The minimum absolute atomic E-state index is 0.0799. The highest BCUT2D eigenvalue weighted by Crippen LogP contribution is 2.30. The monoisotopic (exact) mass is 395 g/mol. The molecule has 0 spiro atoms. The highest BCUT2D eigenvalue weighted by molar-refractivity contribution is 5.95. The van der Waals surface area contributed by atoms with Crippen LogP contribution in [0.2, 0.25) is 0 Å². The van der Waals surface area contributed by atoms with Crippen LogP contribution in [0.5, 0.6) is 17.2 Å². The first kappa shape index (κ1) is 20.9. The fourth-order valence-corrected chi connectivity index (χ4v) is 2.26. The van der Waals surface area contributed by atoms with Gasteiger partial charge < -0.3 is 24.3 Å². The fourth-order valence-electron chi connectivity index (χ4n) is 2.26. The Morgan fingerprint density at radius 3 is 2.32 bits per heavy atom. The lowest BCUT2D eigenvalue weighted by Crippen LogP contribution is -2.30. The summed E-state index contributed by atoms with van der Waals surface area (Å²) in [5.74, 6) is -0.868. The number of para-hydroxylation sites is 2. The normalized spacial score (nSPS) is 11.5. The van der Waals surface area contributed by atoms with Gasteiger partial charge in [-0.3, -0.25) is 4.79 Å². The summed E-state index contributed by atoms with van der Waals surface area (Å²) >= 11 is 0. The number of anilines is 1. The van der Waals surface area contributed by atoms with Gasteiger partial charge in [0.15, 0.2) is 17.6 Å². The molecule has 0 aromatic heterocycles. The van der Waals surface area contributed by atoms with E-state index in [-0.39, 0.29) is 28.5 Å². The Hall–Kier alpha value is -3.36. The molecule has 0 aliphatic rings. The summed E-state index contributed by atoms with van der Waals surface area (Å²) < 4.78 is 44.7. The molecule has 0 aliphatic heterocycles. The first-order valence-electron chi connectivity index (χ1n) is 8.13. The first-order valence-corrected chi connectivity index (χ1v) is 8.13. The number of hydrogen-bond acceptors (Lipinski definition) is 6. The van der Waals surface area contributed by atoms with Crippen LogP contribution >= 0.6 is 0 Å². The Morgan fingerprint density at radius 2 is 1.68 bits per heavy atom. The largest absolute Gasteiger partial charge is 0.493 e. The number of rotatable bonds is 8. The molecule has 1 atom stereocenters. The van der Waals surface area contributed by atoms with Crippen molar-refractivity contribution in [1.29, 1.82) is 0 Å². The molecule has 150 valence electrons. The molecule has 0 bridgehead atoms. The second-order valence-electron chi connectivity index (χ2n) is 5.48. The van der Waals surface area contributed by atoms with E-state index in [2.05, 4.69) is 14.8 Å². The number of amides is 1. The van der Waals surface area contributed by atoms with Crippen LogP contribution in [0, 0.1) is 0 Å². The predicted octanol–water partition coefficient (Wildman–Crippen LogP) is 3.49. The Bertz CT molecular complexity index is 843. The maximum Gasteiger partial charge on any atom is 0.387 e. The minimum Gasteiger partial charge on any atom is -0.493 e. The van der Waals surface area contributed by atoms with Crippen LogP contribution < -0.4 is 19.5 Å². The van der Waals surface area contributed by atoms with Gasteiger partial charge in [-0.2, -0.15) is 8.78 Å². The van der Waals surface area contributed by atoms with Gasteiger partial charge in [-0.15, -0.1) is 0 Å². The zero-order valence-corrected chi connectivity index (χ0v) is 15.4. The average molecular weight is 395 g/mol. The molecule has 2 aromatic rings. The van der Waals surface area contributed by atoms with Crippen molar-refractivity contribution >= 4 is 17.6 Å². The number of nitrogens with one attached hydrogen (secondary N) is 1. The molecule has 9 heteroatoms. The van der Waals surface area contributed by atoms with E-state index in [1.165, 1.54) is 57.5 Å². The Labute approximate surface area is 160 Å². The fraction of sp³-hybridized carbons (Fsp3) is 0.263. The van der Waals surface area contributed by atoms with E-state index in [0.717, 1.165) is 0 Å². The van der Waals surface area contributed by atoms with Gasteiger partial charge in [-0.1, -0.05) is 12.1 Å². The van der Waals surface area contributed by atoms with Crippen LogP contribution in [0.1, 0.15) is 17.3 Å². The van der Waals surface area contributed by atoms with Crippen molar-refractivity contribution in [3.05, 3.63) is 48.0 Å². The van der Waals surface area contributed by atoms with Crippen LogP contribution in [0.3, 0.4) is 0 Å². The van der Waals surface area contributed by atoms with Crippen LogP contribution in [-0.4, -0.2) is 38.8 Å². The third-order valence-corrected chi connectivity index (χ3v) is 3.62. The summed E-state index contributed by atoms with van der Waals surface area (Å²) in [5, 5.41) is 2.47. The Morgan fingerprint density at radius 1 is 0.964 bits per heavy atom. The molecule has 2 rings (SSSR count). The van der Waals surface area contributed by atoms with Crippen LogP contribution in [0.15, 0.2) is 42.5 Å². The number of halogens is 2. The molecule has 1 amide bonds. The zero-order valence-electron chi connectivity index (χ0n) is 15.4. The van der Waals surface area contributed by atoms with E-state index in [9.17, 15) is 18.4 Å². The lowest BCUT2D eigenvalue weighted by atomic mass is 10.2. The molecule has 1 unspecified atom stereocenters. The minimum atomic E-state index is -3.02. The van der Waals surface area contributed by atoms with Gasteiger partial charge in [0.05, 0.1) is 25.5 Å². The third kappa shape index (κ3) is 5.32. The number of hydrogen-bond donors (Lipinski definition) is 1. The quantitative estimate of drug-likeness (QED) is 0.689. The van der Waals surface area contributed by atoms with Crippen molar-refractivity contribution in [2.75, 3.05) is 19.5 Å². The lowest BCUT2D eigenvalue weighted by molar-refractivity contribution is -0.122. The summed E-state index contributed by atoms with van der Waals surface area (Å²) in [5.41, 5.74) is 0.332. The first-order chi connectivity index (χ1) is 13.3. The number of ether oxygens (including phenoxy) is 4. The molecule has 0 fully saturated rings. The van der Waals surface area contributed by atoms with Crippen LogP contribution in [0.25, 0.3) is 0 Å². The van der Waals surface area contributed by atoms with Crippen LogP contribution in [-0.2, 0) is 9.53 Å². The van der Waals surface area contributed by atoms with E-state index in [0.29, 0.717) is 0 Å². The molecule has 0 saturated heterocycles. The van der Waals surface area contributed by atoms with Crippen molar-refractivity contribution in [2.24, 2.45) is 0 Å². The molecule has 1 N–H and O–H groups in total. The van der Waals surface area contributed by atoms with Gasteiger partial charge in [0, 0.05) is 0 Å². The summed E-state index contributed by atoms with van der Waals surface area (Å²) in [6.07, 6.45) is -1.00. The summed E-state index contributed by atoms with van der Waals surface area (Å²) in [7, 11) is 2.63. The molecule has 0 radical (unpaired) electrons. The molecule has 2 aromatic carbocycles. The highest BCUT2D eigenvalue weighted by Gasteiger charge is 2.20. The summed E-state index contributed by atoms with van der Waals surface area (Å²) in [6.45, 7) is -1.55. The number of methoxy groups -OCH3 is 2. The Kier molecular flexibility index (Phi) is 7.14. The maximum atomic E-state index is 12.5. The number of carbonyl (C=O) groups is 2. The van der Waals surface area contributed by atoms with E-state index in [1.54, 1.807) is 6.07 Å². The molecular weight excluding hydrogens is 376 g/mol. The predicted molar refractivity (Wildman–Crippen MR) is 96.1 cm³/mol. The maximum absolute atomic E-state index is 12.5. The zero-order chi connectivity index (χ0) is 20.7. The van der Waals surface area contributed by atoms with Crippen molar-refractivity contribution in [1.82, 2.24) is 0 Å². The van der Waals surface area contributed by atoms with Crippen LogP contribution in [0.4, 0.5) is 14.5 Å². The van der Waals surface area contributed by atoms with Gasteiger partial charge in [0.1, 0.15) is 5.75 Å². The van der Waals surface area contributed by atoms with Crippen molar-refractivity contribution in [3.8, 4) is 17.2 Å². The van der Waals surface area contributed by atoms with E-state index >= 15 is 0 Å². The summed E-state index contributed by atoms with van der Waals surface area (Å²) in [6, 6.07) is 10.1. The molecule has 28 heavy (non-hydrogen) atoms. The van der Waals surface area contributed by atoms with Crippen molar-refractivity contribution < 1.29 is 37.3 Å². The number of alkyl halides is 2. The van der Waals surface area contributed by atoms with Crippen molar-refractivity contribution in [3.63, 3.8) is 0 Å². The van der Waals surface area contributed by atoms with Gasteiger partial charge in [-0.25, -0.2) is 4.79 Å². The van der Waals surface area contributed by atoms with Gasteiger partial charge in [0.2, 0.25) is 0 Å². The number of benzene rings is 2. The molecule has 0 aliphatic carbocycles. The average Bonchev–Trinajstić information content (AvgIpc) is 2.68. The van der Waals surface area contributed by atoms with Gasteiger partial charge >= 0.3 is 12.6 Å². The smallest absolute Gasteiger partial charge is 0.387 e. The topological polar surface area (TPSA) is 83.1 Å². The molecule has 7 nitrogen and oxygen atoms in total. The lowest BCUT2D eigenvalue weighted by Gasteiger charge is -2.18. The SMILES string of the molecule is COC(=O)c1ccc(OC(C)C(=O)Nc2ccccc2OC(F)F)c(OC)c1. The molecule has 0 heterocycles. The van der Waals surface area contributed by atoms with E-state index in [1.807, 2.05) is 0 Å². The van der Waals surface area contributed by atoms with Gasteiger partial charge in [0.25, 0.3) is 5.91 Å². The molecule has 0 saturated carbocycles. The standard InChI is InChI=1S/C19H19F2NO6/c1-11(17(23)22-13-6-4-5-7-14(13)28-19(20)21)27-15-9-8-12(18(24)26-3)10-16(15)25-2/h4-11,19H,1-3H3,(H,22,23). The Balaban J connectivity index is 2.12. The second-order valence-corrected chi connectivity index (χ2v) is 5.48. The second kappa shape index (κ2) is 9.54. The third-order valence-electron chi connectivity index (χ3n) is 3.62. The van der Waals surface area contributed by atoms with Crippen molar-refractivity contribution in [2.45, 2.75) is 19.6 Å².